The van der Waals surface area contributed by atoms with Gasteiger partial charge in [0.25, 0.3) is 0 Å². The average Bonchev–Trinajstić information content (AvgIpc) is 3.93. The molecule has 4 N–H and O–H groups in total. The van der Waals surface area contributed by atoms with Crippen LogP contribution in [0.15, 0.2) is 94.4 Å². The lowest BCUT2D eigenvalue weighted by atomic mass is 10.0. The van der Waals surface area contributed by atoms with Gasteiger partial charge in [-0.2, -0.15) is 4.31 Å². The lowest BCUT2D eigenvalue weighted by Crippen LogP contribution is -2.51. The maximum atomic E-state index is 14.3. The number of carbonyl (C=O) groups excluding carboxylic acids is 3. The summed E-state index contributed by atoms with van der Waals surface area (Å²) in [5.41, 5.74) is 2.83. The molecule has 0 spiro atoms. The molecule has 4 aromatic rings. The zero-order valence-electron chi connectivity index (χ0n) is 31.6. The van der Waals surface area contributed by atoms with Gasteiger partial charge in [0.1, 0.15) is 11.7 Å². The minimum Gasteiger partial charge on any atom is -0.464 e. The van der Waals surface area contributed by atoms with Gasteiger partial charge < -0.3 is 39.7 Å². The second-order valence-electron chi connectivity index (χ2n) is 14.7. The number of ether oxygens (including phenoxy) is 3. The minimum atomic E-state index is -4.19. The van der Waals surface area contributed by atoms with Gasteiger partial charge in [0, 0.05) is 37.0 Å². The first-order valence-corrected chi connectivity index (χ1v) is 20.4. The monoisotopic (exact) mass is 790 g/mol. The third kappa shape index (κ3) is 10.7. The van der Waals surface area contributed by atoms with Crippen LogP contribution in [0.1, 0.15) is 43.4 Å². The molecular weight excluding hydrogens is 741 g/mol. The summed E-state index contributed by atoms with van der Waals surface area (Å²) in [7, 11) is -4.19. The lowest BCUT2D eigenvalue weighted by Gasteiger charge is -2.31. The van der Waals surface area contributed by atoms with Crippen molar-refractivity contribution in [1.29, 1.82) is 0 Å². The molecule has 6 rings (SSSR count). The lowest BCUT2D eigenvalue weighted by molar-refractivity contribution is -0.126. The molecule has 14 nitrogen and oxygen atoms in total. The Bertz CT molecular complexity index is 2040. The second-order valence-corrected chi connectivity index (χ2v) is 16.6. The highest BCUT2D eigenvalue weighted by Gasteiger charge is 2.44. The molecule has 0 radical (unpaired) electrons. The molecule has 2 aliphatic rings. The number of amides is 3. The van der Waals surface area contributed by atoms with Crippen molar-refractivity contribution >= 4 is 38.9 Å². The average molecular weight is 791 g/mol. The predicted molar refractivity (Wildman–Crippen MR) is 207 cm³/mol. The van der Waals surface area contributed by atoms with Gasteiger partial charge in [-0.05, 0) is 54.5 Å². The van der Waals surface area contributed by atoms with E-state index in [-0.39, 0.29) is 68.3 Å². The smallest absolute Gasteiger partial charge is 0.407 e. The van der Waals surface area contributed by atoms with Gasteiger partial charge in [0.2, 0.25) is 21.8 Å². The number of carbonyl (C=O) groups is 3. The molecular formula is C41H50N4O10S. The summed E-state index contributed by atoms with van der Waals surface area (Å²) >= 11 is 0. The molecule has 0 saturated carbocycles. The zero-order chi connectivity index (χ0) is 39.7. The highest BCUT2D eigenvalue weighted by Crippen LogP contribution is 2.33. The van der Waals surface area contributed by atoms with E-state index < -0.39 is 46.6 Å². The number of hydrogen-bond acceptors (Lipinski definition) is 10. The first-order chi connectivity index (χ1) is 27.0. The number of nitrogens with zero attached hydrogens (tertiary/aromatic N) is 1. The number of benzene rings is 3. The molecule has 3 heterocycles. The molecule has 3 aromatic carbocycles. The number of hydrogen-bond donors (Lipinski definition) is 4. The Hall–Kier alpha value is -4.80. The normalized spacial score (nSPS) is 19.1. The molecule has 3 amide bonds. The van der Waals surface area contributed by atoms with Crippen molar-refractivity contribution in [1.82, 2.24) is 20.3 Å². The summed E-state index contributed by atoms with van der Waals surface area (Å²) in [6, 6.07) is 22.5. The van der Waals surface area contributed by atoms with Crippen LogP contribution in [0, 0.1) is 11.8 Å². The first-order valence-electron chi connectivity index (χ1n) is 19.0. The Morgan fingerprint density at radius 3 is 2.39 bits per heavy atom. The van der Waals surface area contributed by atoms with Gasteiger partial charge >= 0.3 is 6.09 Å². The number of alkyl carbamates (subject to hydrolysis) is 1. The Kier molecular flexibility index (Phi) is 13.8. The van der Waals surface area contributed by atoms with Gasteiger partial charge in [-0.15, -0.1) is 0 Å². The van der Waals surface area contributed by atoms with E-state index in [2.05, 4.69) is 16.0 Å². The van der Waals surface area contributed by atoms with Crippen LogP contribution in [0.5, 0.6) is 0 Å². The number of furan rings is 1. The van der Waals surface area contributed by atoms with Crippen LogP contribution in [0.2, 0.25) is 0 Å². The summed E-state index contributed by atoms with van der Waals surface area (Å²) in [6.07, 6.45) is 0.221. The first kappa shape index (κ1) is 40.9. The van der Waals surface area contributed by atoms with Crippen molar-refractivity contribution in [3.05, 3.63) is 102 Å². The van der Waals surface area contributed by atoms with E-state index in [4.69, 9.17) is 18.6 Å². The molecule has 5 atom stereocenters. The topological polar surface area (TPSA) is 186 Å². The summed E-state index contributed by atoms with van der Waals surface area (Å²) in [5, 5.41) is 20.4. The Morgan fingerprint density at radius 2 is 1.66 bits per heavy atom. The fourth-order valence-corrected chi connectivity index (χ4v) is 8.62. The van der Waals surface area contributed by atoms with E-state index in [1.54, 1.807) is 6.07 Å². The third-order valence-electron chi connectivity index (χ3n) is 9.94. The Balaban J connectivity index is 1.11. The molecule has 300 valence electrons. The van der Waals surface area contributed by atoms with Crippen molar-refractivity contribution in [2.24, 2.45) is 11.8 Å². The van der Waals surface area contributed by atoms with Gasteiger partial charge in [-0.3, -0.25) is 9.59 Å². The number of rotatable bonds is 18. The van der Waals surface area contributed by atoms with Crippen molar-refractivity contribution in [3.8, 4) is 0 Å². The molecule has 2 saturated heterocycles. The van der Waals surface area contributed by atoms with Crippen LogP contribution in [-0.4, -0.2) is 93.1 Å². The molecule has 0 bridgehead atoms. The van der Waals surface area contributed by atoms with Crippen molar-refractivity contribution in [2.75, 3.05) is 32.8 Å². The molecule has 2 aliphatic heterocycles. The van der Waals surface area contributed by atoms with Gasteiger partial charge in [-0.1, -0.05) is 74.5 Å². The number of nitrogens with one attached hydrogen (secondary N) is 3. The number of sulfonamides is 1. The number of aliphatic hydroxyl groups is 1. The number of fused-ring (bicyclic) bond motifs is 2. The van der Waals surface area contributed by atoms with Crippen LogP contribution in [0.4, 0.5) is 4.79 Å². The Labute approximate surface area is 326 Å². The highest BCUT2D eigenvalue weighted by molar-refractivity contribution is 7.89. The number of aryl methyl sites for hydroxylation is 1. The van der Waals surface area contributed by atoms with Crippen LogP contribution in [0.3, 0.4) is 0 Å². The van der Waals surface area contributed by atoms with Crippen LogP contribution >= 0.6 is 0 Å². The molecule has 1 unspecified atom stereocenters. The SMILES string of the molecule is CC(C)CN(C[C@@H](O)[C@H](Cc1ccccc1)NC(=O)OC1CO[C@H]2OCC[C@@H]12)S(=O)(=O)c1ccc2occ(CNC(=O)CNC(=O)CCc3ccccc3)c2c1. The molecule has 1 aromatic heterocycles. The Morgan fingerprint density at radius 1 is 0.929 bits per heavy atom. The largest absolute Gasteiger partial charge is 0.464 e. The van der Waals surface area contributed by atoms with E-state index in [1.165, 1.54) is 22.7 Å². The van der Waals surface area contributed by atoms with E-state index >= 15 is 0 Å². The van der Waals surface area contributed by atoms with Crippen LogP contribution < -0.4 is 16.0 Å². The third-order valence-corrected chi connectivity index (χ3v) is 11.8. The van der Waals surface area contributed by atoms with Gasteiger partial charge in [0.15, 0.2) is 6.29 Å². The van der Waals surface area contributed by atoms with E-state index in [9.17, 15) is 27.9 Å². The fourth-order valence-electron chi connectivity index (χ4n) is 6.97. The number of aliphatic hydroxyl groups excluding tert-OH is 1. The molecule has 0 aliphatic carbocycles. The van der Waals surface area contributed by atoms with E-state index in [1.807, 2.05) is 74.5 Å². The summed E-state index contributed by atoms with van der Waals surface area (Å²) < 4.78 is 52.4. The summed E-state index contributed by atoms with van der Waals surface area (Å²) in [5.74, 6) is -0.836. The quantitative estimate of drug-likeness (QED) is 0.115. The van der Waals surface area contributed by atoms with Crippen molar-refractivity contribution in [3.63, 3.8) is 0 Å². The van der Waals surface area contributed by atoms with Crippen LogP contribution in [-0.2, 0) is 53.2 Å². The standard InChI is InChI=1S/C41H50N4O10S/c1-27(2)23-45(24-35(46)34(19-29-11-7-4-8-12-29)44-41(49)55-37-26-54-40-32(37)17-18-52-40)56(50,51)31-14-15-36-33(20-31)30(25-53-36)21-42-39(48)22-43-38(47)16-13-28-9-5-3-6-10-28/h3-12,14-15,20,25,27,32,34-35,37,40,46H,13,16-19,21-24,26H2,1-2H3,(H,42,48)(H,43,47)(H,44,49)/t32-,34-,35+,37?,40+/m0/s1. The molecule has 2 fully saturated rings. The van der Waals surface area contributed by atoms with Crippen LogP contribution in [0.25, 0.3) is 11.0 Å². The molecule has 56 heavy (non-hydrogen) atoms. The minimum absolute atomic E-state index is 0.0287. The summed E-state index contributed by atoms with van der Waals surface area (Å²) in [6.45, 7) is 4.09. The summed E-state index contributed by atoms with van der Waals surface area (Å²) in [4.78, 5) is 38.1. The maximum absolute atomic E-state index is 14.3. The predicted octanol–water partition coefficient (Wildman–Crippen LogP) is 3.90. The molecule has 15 heteroatoms. The zero-order valence-corrected chi connectivity index (χ0v) is 32.4. The highest BCUT2D eigenvalue weighted by atomic mass is 32.2. The van der Waals surface area contributed by atoms with Gasteiger partial charge in [0.05, 0.1) is 49.0 Å². The van der Waals surface area contributed by atoms with E-state index in [0.29, 0.717) is 36.0 Å². The van der Waals surface area contributed by atoms with Gasteiger partial charge in [-0.25, -0.2) is 13.2 Å². The fraction of sp³-hybridized carbons (Fsp3) is 0.439. The van der Waals surface area contributed by atoms with Crippen molar-refractivity contribution < 1.29 is 46.5 Å². The van der Waals surface area contributed by atoms with Crippen molar-refractivity contribution in [2.45, 2.75) is 75.5 Å². The maximum Gasteiger partial charge on any atom is 0.407 e. The van der Waals surface area contributed by atoms with E-state index in [0.717, 1.165) is 11.1 Å². The second kappa shape index (κ2) is 18.9.